The van der Waals surface area contributed by atoms with E-state index in [0.717, 1.165) is 16.3 Å². The Morgan fingerprint density at radius 2 is 1.66 bits per heavy atom. The monoisotopic (exact) mass is 468 g/mol. The number of urea groups is 1. The number of likely N-dealkylation sites (tertiary alicyclic amines) is 1. The maximum Gasteiger partial charge on any atom is 0.365 e. The van der Waals surface area contributed by atoms with Crippen LogP contribution in [0.25, 0.3) is 10.8 Å². The molecule has 3 aromatic carbocycles. The summed E-state index contributed by atoms with van der Waals surface area (Å²) in [5, 5.41) is 7.23. The molecule has 3 aromatic rings. The van der Waals surface area contributed by atoms with Gasteiger partial charge in [-0.3, -0.25) is 10.1 Å². The first-order valence-electron chi connectivity index (χ1n) is 11.5. The Labute approximate surface area is 202 Å². The topological polar surface area (TPSA) is 100 Å². The highest BCUT2D eigenvalue weighted by atomic mass is 16.6. The van der Waals surface area contributed by atoms with Crippen molar-refractivity contribution in [3.8, 4) is 0 Å². The minimum atomic E-state index is -0.514. The summed E-state index contributed by atoms with van der Waals surface area (Å²) in [5.74, 6) is -0.619. The fourth-order valence-electron chi connectivity index (χ4n) is 4.26. The molecule has 0 unspecified atom stereocenters. The molecule has 35 heavy (non-hydrogen) atoms. The van der Waals surface area contributed by atoms with Gasteiger partial charge in [0, 0.05) is 36.5 Å². The summed E-state index contributed by atoms with van der Waals surface area (Å²) >= 11 is 0. The molecule has 0 spiro atoms. The van der Waals surface area contributed by atoms with E-state index in [9.17, 15) is 14.4 Å². The largest absolute Gasteiger partial charge is 0.402 e. The number of hydrogen-bond donors (Lipinski definition) is 2. The fourth-order valence-corrected chi connectivity index (χ4v) is 4.26. The molecular formula is C27H24N4O4. The van der Waals surface area contributed by atoms with Crippen molar-refractivity contribution in [2.24, 2.45) is 4.99 Å². The van der Waals surface area contributed by atoms with Crippen molar-refractivity contribution in [2.45, 2.75) is 18.9 Å². The van der Waals surface area contributed by atoms with Gasteiger partial charge >= 0.3 is 12.0 Å². The van der Waals surface area contributed by atoms with Crippen LogP contribution in [0, 0.1) is 0 Å². The van der Waals surface area contributed by atoms with Gasteiger partial charge in [0.05, 0.1) is 0 Å². The van der Waals surface area contributed by atoms with Crippen molar-refractivity contribution in [1.82, 2.24) is 15.5 Å². The van der Waals surface area contributed by atoms with Gasteiger partial charge < -0.3 is 15.0 Å². The Kier molecular flexibility index (Phi) is 6.26. The molecule has 2 aliphatic rings. The zero-order valence-electron chi connectivity index (χ0n) is 18.9. The highest BCUT2D eigenvalue weighted by Gasteiger charge is 2.27. The van der Waals surface area contributed by atoms with Crippen LogP contribution in [-0.4, -0.2) is 47.8 Å². The number of rotatable bonds is 4. The van der Waals surface area contributed by atoms with Gasteiger partial charge in [-0.1, -0.05) is 54.6 Å². The lowest BCUT2D eigenvalue weighted by Gasteiger charge is -2.31. The van der Waals surface area contributed by atoms with E-state index in [0.29, 0.717) is 37.4 Å². The highest BCUT2D eigenvalue weighted by molar-refractivity contribution is 6.16. The minimum absolute atomic E-state index is 0.0708. The molecular weight excluding hydrogens is 444 g/mol. The predicted molar refractivity (Wildman–Crippen MR) is 132 cm³/mol. The van der Waals surface area contributed by atoms with E-state index in [4.69, 9.17) is 4.74 Å². The minimum Gasteiger partial charge on any atom is -0.402 e. The second-order valence-electron chi connectivity index (χ2n) is 8.45. The number of imide groups is 1. The molecule has 0 aromatic heterocycles. The van der Waals surface area contributed by atoms with E-state index < -0.39 is 17.9 Å². The second-order valence-corrected chi connectivity index (χ2v) is 8.45. The SMILES string of the molecule is O=C(NC(=O)c1ccccc1)NC1CCN(C=C2N=C(c3cccc4ccccc34)OC2=O)CC1. The van der Waals surface area contributed by atoms with E-state index in [-0.39, 0.29) is 11.7 Å². The van der Waals surface area contributed by atoms with Gasteiger partial charge in [0.25, 0.3) is 5.91 Å². The standard InChI is InChI=1S/C27H24N4O4/c32-24(19-8-2-1-3-9-19)30-27(34)28-20-13-15-31(16-14-20)17-23-26(33)35-25(29-23)22-12-6-10-18-7-4-5-11-21(18)22/h1-12,17,20H,13-16H2,(H2,28,30,32,34). The van der Waals surface area contributed by atoms with E-state index in [1.54, 1.807) is 36.5 Å². The van der Waals surface area contributed by atoms with Gasteiger partial charge in [-0.05, 0) is 41.8 Å². The maximum absolute atomic E-state index is 12.5. The molecule has 1 saturated heterocycles. The Morgan fingerprint density at radius 3 is 2.46 bits per heavy atom. The number of aliphatic imine (C=N–C) groups is 1. The summed E-state index contributed by atoms with van der Waals surface area (Å²) in [6, 6.07) is 21.7. The average molecular weight is 469 g/mol. The number of fused-ring (bicyclic) bond motifs is 1. The average Bonchev–Trinajstić information content (AvgIpc) is 3.25. The number of ether oxygens (including phenoxy) is 1. The summed E-state index contributed by atoms with van der Waals surface area (Å²) in [5.41, 5.74) is 1.46. The third-order valence-corrected chi connectivity index (χ3v) is 6.07. The number of cyclic esters (lactones) is 1. The van der Waals surface area contributed by atoms with Crippen molar-refractivity contribution >= 4 is 34.6 Å². The molecule has 0 atom stereocenters. The number of carbonyl (C=O) groups is 3. The van der Waals surface area contributed by atoms with Gasteiger partial charge in [0.15, 0.2) is 5.70 Å². The number of amides is 3. The zero-order chi connectivity index (χ0) is 24.2. The van der Waals surface area contributed by atoms with Crippen LogP contribution in [0.1, 0.15) is 28.8 Å². The van der Waals surface area contributed by atoms with Crippen molar-refractivity contribution in [3.05, 3.63) is 95.8 Å². The number of piperidine rings is 1. The Morgan fingerprint density at radius 1 is 0.943 bits per heavy atom. The quantitative estimate of drug-likeness (QED) is 0.450. The van der Waals surface area contributed by atoms with Crippen LogP contribution in [-0.2, 0) is 9.53 Å². The van der Waals surface area contributed by atoms with Crippen molar-refractivity contribution in [3.63, 3.8) is 0 Å². The van der Waals surface area contributed by atoms with E-state index in [2.05, 4.69) is 15.6 Å². The van der Waals surface area contributed by atoms with Crippen LogP contribution in [0.3, 0.4) is 0 Å². The first kappa shape index (κ1) is 22.3. The number of nitrogens with one attached hydrogen (secondary N) is 2. The summed E-state index contributed by atoms with van der Waals surface area (Å²) in [7, 11) is 0. The summed E-state index contributed by atoms with van der Waals surface area (Å²) in [6.07, 6.45) is 3.06. The summed E-state index contributed by atoms with van der Waals surface area (Å²) in [4.78, 5) is 43.3. The lowest BCUT2D eigenvalue weighted by molar-refractivity contribution is -0.130. The number of nitrogens with zero attached hydrogens (tertiary/aromatic N) is 2. The Hall–Kier alpha value is -4.46. The van der Waals surface area contributed by atoms with Crippen LogP contribution in [0.5, 0.6) is 0 Å². The van der Waals surface area contributed by atoms with E-state index in [1.165, 1.54) is 0 Å². The van der Waals surface area contributed by atoms with Crippen LogP contribution in [0.4, 0.5) is 4.79 Å². The predicted octanol–water partition coefficient (Wildman–Crippen LogP) is 3.59. The summed E-state index contributed by atoms with van der Waals surface area (Å²) in [6.45, 7) is 1.26. The molecule has 2 N–H and O–H groups in total. The number of hydrogen-bond acceptors (Lipinski definition) is 6. The molecule has 0 saturated carbocycles. The number of carbonyl (C=O) groups excluding carboxylic acids is 3. The van der Waals surface area contributed by atoms with Crippen molar-refractivity contribution in [1.29, 1.82) is 0 Å². The van der Waals surface area contributed by atoms with Crippen LogP contribution < -0.4 is 10.6 Å². The fraction of sp³-hybridized carbons (Fsp3) is 0.185. The Bertz CT molecular complexity index is 1340. The third kappa shape index (κ3) is 5.06. The van der Waals surface area contributed by atoms with Gasteiger partial charge in [-0.2, -0.15) is 0 Å². The van der Waals surface area contributed by atoms with Crippen LogP contribution >= 0.6 is 0 Å². The first-order chi connectivity index (χ1) is 17.1. The van der Waals surface area contributed by atoms with Gasteiger partial charge in [-0.25, -0.2) is 14.6 Å². The Balaban J connectivity index is 1.18. The van der Waals surface area contributed by atoms with Crippen LogP contribution in [0.2, 0.25) is 0 Å². The van der Waals surface area contributed by atoms with Crippen molar-refractivity contribution in [2.75, 3.05) is 13.1 Å². The lowest BCUT2D eigenvalue weighted by Crippen LogP contribution is -2.48. The van der Waals surface area contributed by atoms with Crippen molar-refractivity contribution < 1.29 is 19.1 Å². The second kappa shape index (κ2) is 9.80. The third-order valence-electron chi connectivity index (χ3n) is 6.07. The van der Waals surface area contributed by atoms with Gasteiger partial charge in [0.2, 0.25) is 5.90 Å². The molecule has 2 heterocycles. The van der Waals surface area contributed by atoms with Gasteiger partial charge in [-0.15, -0.1) is 0 Å². The number of esters is 1. The molecule has 0 radical (unpaired) electrons. The zero-order valence-corrected chi connectivity index (χ0v) is 18.9. The molecule has 3 amide bonds. The van der Waals surface area contributed by atoms with Gasteiger partial charge in [0.1, 0.15) is 0 Å². The summed E-state index contributed by atoms with van der Waals surface area (Å²) < 4.78 is 5.48. The van der Waals surface area contributed by atoms with E-state index in [1.807, 2.05) is 47.4 Å². The number of benzene rings is 3. The lowest BCUT2D eigenvalue weighted by atomic mass is 10.0. The molecule has 1 fully saturated rings. The molecule has 8 nitrogen and oxygen atoms in total. The molecule has 5 rings (SSSR count). The first-order valence-corrected chi connectivity index (χ1v) is 11.5. The van der Waals surface area contributed by atoms with Crippen LogP contribution in [0.15, 0.2) is 89.7 Å². The molecule has 0 bridgehead atoms. The maximum atomic E-state index is 12.5. The molecule has 8 heteroatoms. The molecule has 176 valence electrons. The molecule has 0 aliphatic carbocycles. The molecule has 2 aliphatic heterocycles. The van der Waals surface area contributed by atoms with E-state index >= 15 is 0 Å². The normalized spacial score (nSPS) is 17.3. The smallest absolute Gasteiger partial charge is 0.365 e. The highest BCUT2D eigenvalue weighted by Crippen LogP contribution is 2.24.